The minimum Gasteiger partial charge on any atom is -0.352 e. The number of benzene rings is 1. The van der Waals surface area contributed by atoms with Crippen molar-refractivity contribution >= 4 is 17.5 Å². The van der Waals surface area contributed by atoms with Crippen LogP contribution in [0.3, 0.4) is 0 Å². The molecule has 1 N–H and O–H groups in total. The molecule has 0 saturated heterocycles. The first-order chi connectivity index (χ1) is 14.1. The van der Waals surface area contributed by atoms with E-state index >= 15 is 0 Å². The van der Waals surface area contributed by atoms with Gasteiger partial charge in [-0.15, -0.1) is 11.8 Å². The average Bonchev–Trinajstić information content (AvgIpc) is 2.73. The molecule has 2 aliphatic rings. The number of rotatable bonds is 8. The van der Waals surface area contributed by atoms with Gasteiger partial charge in [0.2, 0.25) is 0 Å². The highest BCUT2D eigenvalue weighted by molar-refractivity contribution is 8.03. The lowest BCUT2D eigenvalue weighted by Gasteiger charge is -2.33. The molecule has 0 aromatic heterocycles. The maximum atomic E-state index is 12.9. The van der Waals surface area contributed by atoms with Crippen LogP contribution in [0.1, 0.15) is 88.7 Å². The number of nitrogens with zero attached hydrogens (tertiary/aromatic N) is 1. The fourth-order valence-corrected chi connectivity index (χ4v) is 5.21. The van der Waals surface area contributed by atoms with E-state index in [0.29, 0.717) is 17.9 Å². The van der Waals surface area contributed by atoms with Gasteiger partial charge in [0.05, 0.1) is 22.6 Å². The Balaban J connectivity index is 1.94. The third-order valence-corrected chi connectivity index (χ3v) is 6.95. The summed E-state index contributed by atoms with van der Waals surface area (Å²) in [6, 6.07) is 11.0. The summed E-state index contributed by atoms with van der Waals surface area (Å²) in [6.07, 6.45) is 7.22. The summed E-state index contributed by atoms with van der Waals surface area (Å²) in [7, 11) is 0. The van der Waals surface area contributed by atoms with E-state index in [-0.39, 0.29) is 11.7 Å². The highest BCUT2D eigenvalue weighted by atomic mass is 32.2. The summed E-state index contributed by atoms with van der Waals surface area (Å²) in [5.41, 5.74) is 4.89. The zero-order chi connectivity index (χ0) is 20.8. The first-order valence-electron chi connectivity index (χ1n) is 11.0. The number of ketones is 1. The lowest BCUT2D eigenvalue weighted by Crippen LogP contribution is -2.31. The number of allylic oxidation sites excluding steroid dienone is 3. The Labute approximate surface area is 179 Å². The third kappa shape index (κ3) is 4.95. The van der Waals surface area contributed by atoms with Gasteiger partial charge in [-0.1, -0.05) is 64.3 Å². The van der Waals surface area contributed by atoms with Crippen molar-refractivity contribution in [2.45, 2.75) is 77.6 Å². The molecule has 1 aliphatic heterocycles. The van der Waals surface area contributed by atoms with Gasteiger partial charge in [-0.3, -0.25) is 4.79 Å². The molecule has 1 aromatic carbocycles. The van der Waals surface area contributed by atoms with Crippen LogP contribution >= 0.6 is 11.8 Å². The van der Waals surface area contributed by atoms with Crippen LogP contribution in [0.4, 0.5) is 0 Å². The molecule has 3 rings (SSSR count). The van der Waals surface area contributed by atoms with Crippen molar-refractivity contribution in [1.29, 1.82) is 5.26 Å². The first kappa shape index (κ1) is 21.7. The monoisotopic (exact) mass is 408 g/mol. The zero-order valence-corrected chi connectivity index (χ0v) is 18.7. The summed E-state index contributed by atoms with van der Waals surface area (Å²) in [6.45, 7) is 6.58. The Morgan fingerprint density at radius 3 is 2.59 bits per heavy atom. The zero-order valence-electron chi connectivity index (χ0n) is 17.9. The van der Waals surface area contributed by atoms with Gasteiger partial charge < -0.3 is 5.32 Å². The van der Waals surface area contributed by atoms with Gasteiger partial charge in [0.25, 0.3) is 0 Å². The molecule has 0 amide bonds. The molecule has 0 saturated carbocycles. The van der Waals surface area contributed by atoms with E-state index in [9.17, 15) is 10.1 Å². The summed E-state index contributed by atoms with van der Waals surface area (Å²) >= 11 is 1.74. The number of dihydropyridines is 1. The Morgan fingerprint density at radius 2 is 1.93 bits per heavy atom. The lowest BCUT2D eigenvalue weighted by atomic mass is 9.76. The molecule has 4 heteroatoms. The van der Waals surface area contributed by atoms with Crippen LogP contribution in [0.2, 0.25) is 0 Å². The van der Waals surface area contributed by atoms with E-state index in [1.54, 1.807) is 11.8 Å². The van der Waals surface area contributed by atoms with Crippen LogP contribution in [0.15, 0.2) is 46.1 Å². The molecule has 0 spiro atoms. The van der Waals surface area contributed by atoms with E-state index < -0.39 is 0 Å². The van der Waals surface area contributed by atoms with E-state index in [0.717, 1.165) is 46.9 Å². The fraction of sp³-hybridized carbons (Fsp3) is 0.520. The minimum atomic E-state index is -0.233. The molecule has 29 heavy (non-hydrogen) atoms. The average molecular weight is 409 g/mol. The van der Waals surface area contributed by atoms with E-state index in [2.05, 4.69) is 56.4 Å². The molecule has 1 heterocycles. The first-order valence-corrected chi connectivity index (χ1v) is 12.0. The molecular formula is C25H32N2OS. The molecule has 1 atom stereocenters. The van der Waals surface area contributed by atoms with Crippen molar-refractivity contribution in [2.75, 3.05) is 5.75 Å². The Morgan fingerprint density at radius 1 is 1.17 bits per heavy atom. The lowest BCUT2D eigenvalue weighted by molar-refractivity contribution is -0.116. The van der Waals surface area contributed by atoms with Gasteiger partial charge in [-0.25, -0.2) is 0 Å². The van der Waals surface area contributed by atoms with Crippen LogP contribution in [-0.2, 0) is 4.79 Å². The number of hydrogen-bond donors (Lipinski definition) is 1. The quantitative estimate of drug-likeness (QED) is 0.495. The molecule has 1 aromatic rings. The van der Waals surface area contributed by atoms with Gasteiger partial charge >= 0.3 is 0 Å². The van der Waals surface area contributed by atoms with E-state index in [1.807, 2.05) is 0 Å². The molecule has 0 fully saturated rings. The highest BCUT2D eigenvalue weighted by Gasteiger charge is 2.36. The number of carbonyl (C=O) groups is 1. The Hall–Kier alpha value is -1.99. The molecule has 1 unspecified atom stereocenters. The Kier molecular flexibility index (Phi) is 7.61. The number of thioether (sulfide) groups is 1. The summed E-state index contributed by atoms with van der Waals surface area (Å²) < 4.78 is 0. The van der Waals surface area contributed by atoms with Gasteiger partial charge in [0.15, 0.2) is 5.78 Å². The normalized spacial score (nSPS) is 19.3. The van der Waals surface area contributed by atoms with Crippen molar-refractivity contribution < 1.29 is 4.79 Å². The largest absolute Gasteiger partial charge is 0.352 e. The van der Waals surface area contributed by atoms with Crippen molar-refractivity contribution in [1.82, 2.24) is 5.32 Å². The Bertz CT molecular complexity index is 843. The maximum absolute atomic E-state index is 12.9. The van der Waals surface area contributed by atoms with Crippen LogP contribution in [0, 0.1) is 11.3 Å². The second kappa shape index (κ2) is 10.2. The number of Topliss-reactive ketones (excluding diaryl/α,β-unsaturated/α-hetero) is 1. The highest BCUT2D eigenvalue weighted by Crippen LogP contribution is 2.44. The second-order valence-electron chi connectivity index (χ2n) is 8.31. The summed E-state index contributed by atoms with van der Waals surface area (Å²) in [5.74, 6) is 1.42. The predicted molar refractivity (Wildman–Crippen MR) is 122 cm³/mol. The van der Waals surface area contributed by atoms with Gasteiger partial charge in [-0.05, 0) is 42.1 Å². The van der Waals surface area contributed by atoms with Crippen LogP contribution in [0.5, 0.6) is 0 Å². The molecule has 154 valence electrons. The number of unbranched alkanes of at least 4 members (excludes halogenated alkanes) is 3. The number of nitrogens with one attached hydrogen (secondary N) is 1. The van der Waals surface area contributed by atoms with Gasteiger partial charge in [0.1, 0.15) is 0 Å². The van der Waals surface area contributed by atoms with Gasteiger partial charge in [-0.2, -0.15) is 5.26 Å². The van der Waals surface area contributed by atoms with Crippen molar-refractivity contribution in [3.05, 3.63) is 57.3 Å². The molecule has 3 nitrogen and oxygen atoms in total. The smallest absolute Gasteiger partial charge is 0.161 e. The standard InChI is InChI=1S/C25H32N2OS/c1-4-5-6-7-15-29-25-20(16-26)23(19-13-11-18(12-14-19)17(2)3)24-21(27-25)9-8-10-22(24)28/h11-14,17,23,27H,4-10,15H2,1-3H3. The predicted octanol–water partition coefficient (Wildman–Crippen LogP) is 6.55. The third-order valence-electron chi connectivity index (χ3n) is 5.84. The number of hydrogen-bond acceptors (Lipinski definition) is 4. The van der Waals surface area contributed by atoms with E-state index in [1.165, 1.54) is 24.8 Å². The molecule has 0 bridgehead atoms. The van der Waals surface area contributed by atoms with Crippen molar-refractivity contribution in [2.24, 2.45) is 0 Å². The molecule has 0 radical (unpaired) electrons. The van der Waals surface area contributed by atoms with Gasteiger partial charge in [0, 0.05) is 17.7 Å². The topological polar surface area (TPSA) is 52.9 Å². The van der Waals surface area contributed by atoms with E-state index in [4.69, 9.17) is 0 Å². The summed E-state index contributed by atoms with van der Waals surface area (Å²) in [4.78, 5) is 12.9. The maximum Gasteiger partial charge on any atom is 0.161 e. The van der Waals surface area contributed by atoms with Crippen LogP contribution < -0.4 is 5.32 Å². The minimum absolute atomic E-state index is 0.191. The number of nitriles is 1. The second-order valence-corrected chi connectivity index (χ2v) is 9.42. The molecular weight excluding hydrogens is 376 g/mol. The fourth-order valence-electron chi connectivity index (χ4n) is 4.15. The van der Waals surface area contributed by atoms with Crippen molar-refractivity contribution in [3.63, 3.8) is 0 Å². The van der Waals surface area contributed by atoms with Crippen LogP contribution in [-0.4, -0.2) is 11.5 Å². The number of carbonyl (C=O) groups excluding carboxylic acids is 1. The SMILES string of the molecule is CCCCCCSC1=C(C#N)C(c2ccc(C(C)C)cc2)C2=C(CCCC2=O)N1. The van der Waals surface area contributed by atoms with Crippen molar-refractivity contribution in [3.8, 4) is 6.07 Å². The summed E-state index contributed by atoms with van der Waals surface area (Å²) in [5, 5.41) is 14.5. The van der Waals surface area contributed by atoms with Crippen LogP contribution in [0.25, 0.3) is 0 Å². The molecule has 1 aliphatic carbocycles.